The Balaban J connectivity index is 1.97. The number of hydrogen-bond acceptors (Lipinski definition) is 6. The van der Waals surface area contributed by atoms with Gasteiger partial charge in [0.15, 0.2) is 4.90 Å². The summed E-state index contributed by atoms with van der Waals surface area (Å²) < 4.78 is 53.3. The Bertz CT molecular complexity index is 826. The summed E-state index contributed by atoms with van der Waals surface area (Å²) in [4.78, 5) is 7.40. The molecule has 2 aromatic rings. The SMILES string of the molecule is CCNc1cc(C)nc(NCCNS(=O)(=O)c2c(F)cccc2F)n1. The van der Waals surface area contributed by atoms with E-state index in [4.69, 9.17) is 0 Å². The summed E-state index contributed by atoms with van der Waals surface area (Å²) in [5.41, 5.74) is 0.738. The number of sulfonamides is 1. The zero-order valence-corrected chi connectivity index (χ0v) is 14.6. The first kappa shape index (κ1) is 19.0. The molecular weight excluding hydrogens is 352 g/mol. The molecule has 0 fully saturated rings. The van der Waals surface area contributed by atoms with Crippen molar-refractivity contribution in [3.63, 3.8) is 0 Å². The van der Waals surface area contributed by atoms with Crippen LogP contribution in [0.2, 0.25) is 0 Å². The topological polar surface area (TPSA) is 96.0 Å². The summed E-state index contributed by atoms with van der Waals surface area (Å²) in [6.45, 7) is 4.48. The van der Waals surface area contributed by atoms with E-state index in [0.29, 0.717) is 18.3 Å². The number of nitrogens with one attached hydrogen (secondary N) is 3. The molecule has 0 saturated carbocycles. The molecule has 3 N–H and O–H groups in total. The number of anilines is 2. The first-order valence-electron chi connectivity index (χ1n) is 7.60. The lowest BCUT2D eigenvalue weighted by Gasteiger charge is -2.10. The summed E-state index contributed by atoms with van der Waals surface area (Å²) in [7, 11) is -4.29. The monoisotopic (exact) mass is 371 g/mol. The van der Waals surface area contributed by atoms with Crippen LogP contribution in [0.4, 0.5) is 20.5 Å². The predicted octanol–water partition coefficient (Wildman–Crippen LogP) is 1.89. The van der Waals surface area contributed by atoms with Crippen LogP contribution < -0.4 is 15.4 Å². The molecule has 0 radical (unpaired) electrons. The van der Waals surface area contributed by atoms with Crippen LogP contribution in [0.5, 0.6) is 0 Å². The zero-order chi connectivity index (χ0) is 18.4. The second-order valence-corrected chi connectivity index (χ2v) is 6.83. The first-order valence-corrected chi connectivity index (χ1v) is 9.09. The summed E-state index contributed by atoms with van der Waals surface area (Å²) in [5.74, 6) is -1.31. The quantitative estimate of drug-likeness (QED) is 0.613. The number of aryl methyl sites for hydroxylation is 1. The number of benzene rings is 1. The van der Waals surface area contributed by atoms with Gasteiger partial charge in [0.05, 0.1) is 0 Å². The van der Waals surface area contributed by atoms with Crippen LogP contribution >= 0.6 is 0 Å². The van der Waals surface area contributed by atoms with E-state index in [2.05, 4.69) is 25.3 Å². The largest absolute Gasteiger partial charge is 0.370 e. The van der Waals surface area contributed by atoms with Crippen LogP contribution in [-0.4, -0.2) is 38.0 Å². The molecule has 10 heteroatoms. The van der Waals surface area contributed by atoms with Crippen molar-refractivity contribution in [2.45, 2.75) is 18.7 Å². The van der Waals surface area contributed by atoms with Crippen molar-refractivity contribution in [3.8, 4) is 0 Å². The van der Waals surface area contributed by atoms with Crippen LogP contribution in [0.3, 0.4) is 0 Å². The molecule has 0 aliphatic carbocycles. The lowest BCUT2D eigenvalue weighted by atomic mass is 10.3. The van der Waals surface area contributed by atoms with Crippen LogP contribution in [0, 0.1) is 18.6 Å². The standard InChI is InChI=1S/C15H19F2N5O2S/c1-3-18-13-9-10(2)21-15(22-13)19-7-8-20-25(23,24)14-11(16)5-4-6-12(14)17/h4-6,9,20H,3,7-8H2,1-2H3,(H2,18,19,21,22). The minimum Gasteiger partial charge on any atom is -0.370 e. The summed E-state index contributed by atoms with van der Waals surface area (Å²) in [5, 5.41) is 5.91. The molecule has 1 heterocycles. The molecule has 0 saturated heterocycles. The molecule has 25 heavy (non-hydrogen) atoms. The van der Waals surface area contributed by atoms with Gasteiger partial charge in [-0.05, 0) is 26.0 Å². The second kappa shape index (κ2) is 8.17. The van der Waals surface area contributed by atoms with Crippen molar-refractivity contribution in [1.82, 2.24) is 14.7 Å². The zero-order valence-electron chi connectivity index (χ0n) is 13.8. The van der Waals surface area contributed by atoms with Crippen molar-refractivity contribution in [3.05, 3.63) is 41.6 Å². The van der Waals surface area contributed by atoms with Gasteiger partial charge in [-0.3, -0.25) is 0 Å². The summed E-state index contributed by atoms with van der Waals surface area (Å²) in [6.07, 6.45) is 0. The fourth-order valence-corrected chi connectivity index (χ4v) is 3.26. The van der Waals surface area contributed by atoms with E-state index in [0.717, 1.165) is 23.9 Å². The molecule has 0 spiro atoms. The number of nitrogens with zero attached hydrogens (tertiary/aromatic N) is 2. The Morgan fingerprint density at radius 3 is 2.40 bits per heavy atom. The van der Waals surface area contributed by atoms with Gasteiger partial charge in [-0.15, -0.1) is 0 Å². The van der Waals surface area contributed by atoms with E-state index >= 15 is 0 Å². The summed E-state index contributed by atoms with van der Waals surface area (Å²) >= 11 is 0. The van der Waals surface area contributed by atoms with E-state index < -0.39 is 26.6 Å². The van der Waals surface area contributed by atoms with Gasteiger partial charge in [-0.25, -0.2) is 26.9 Å². The van der Waals surface area contributed by atoms with Gasteiger partial charge in [-0.2, -0.15) is 4.98 Å². The van der Waals surface area contributed by atoms with E-state index in [1.165, 1.54) is 0 Å². The second-order valence-electron chi connectivity index (χ2n) is 5.12. The van der Waals surface area contributed by atoms with Crippen molar-refractivity contribution in [2.75, 3.05) is 30.3 Å². The molecule has 136 valence electrons. The van der Waals surface area contributed by atoms with Crippen molar-refractivity contribution in [2.24, 2.45) is 0 Å². The third-order valence-corrected chi connectivity index (χ3v) is 4.61. The molecule has 0 atom stereocenters. The highest BCUT2D eigenvalue weighted by Crippen LogP contribution is 2.17. The van der Waals surface area contributed by atoms with E-state index in [9.17, 15) is 17.2 Å². The van der Waals surface area contributed by atoms with Crippen LogP contribution in [0.25, 0.3) is 0 Å². The molecule has 7 nitrogen and oxygen atoms in total. The van der Waals surface area contributed by atoms with Gasteiger partial charge in [0.2, 0.25) is 16.0 Å². The molecule has 1 aromatic heterocycles. The third-order valence-electron chi connectivity index (χ3n) is 3.10. The average molecular weight is 371 g/mol. The number of halogens is 2. The molecule has 0 bridgehead atoms. The van der Waals surface area contributed by atoms with Gasteiger partial charge in [0.1, 0.15) is 17.5 Å². The first-order chi connectivity index (χ1) is 11.8. The lowest BCUT2D eigenvalue weighted by Crippen LogP contribution is -2.30. The Labute approximate surface area is 144 Å². The van der Waals surface area contributed by atoms with Gasteiger partial charge in [0.25, 0.3) is 0 Å². The molecule has 0 aliphatic rings. The molecule has 0 amide bonds. The highest BCUT2D eigenvalue weighted by atomic mass is 32.2. The Hall–Kier alpha value is -2.33. The van der Waals surface area contributed by atoms with Crippen LogP contribution in [0.1, 0.15) is 12.6 Å². The highest BCUT2D eigenvalue weighted by Gasteiger charge is 2.23. The maximum atomic E-state index is 13.6. The maximum Gasteiger partial charge on any atom is 0.246 e. The Morgan fingerprint density at radius 1 is 1.08 bits per heavy atom. The van der Waals surface area contributed by atoms with E-state index in [1.807, 2.05) is 6.92 Å². The molecule has 1 aromatic carbocycles. The van der Waals surface area contributed by atoms with Crippen molar-refractivity contribution < 1.29 is 17.2 Å². The number of rotatable bonds is 8. The summed E-state index contributed by atoms with van der Waals surface area (Å²) in [6, 6.07) is 4.65. The predicted molar refractivity (Wildman–Crippen MR) is 91.0 cm³/mol. The van der Waals surface area contributed by atoms with Crippen molar-refractivity contribution in [1.29, 1.82) is 0 Å². The fraction of sp³-hybridized carbons (Fsp3) is 0.333. The number of hydrogen-bond donors (Lipinski definition) is 3. The van der Waals surface area contributed by atoms with Gasteiger partial charge >= 0.3 is 0 Å². The minimum absolute atomic E-state index is 0.0933. The Kier molecular flexibility index (Phi) is 6.21. The lowest BCUT2D eigenvalue weighted by molar-refractivity contribution is 0.514. The number of aromatic nitrogens is 2. The third kappa shape index (κ3) is 5.07. The van der Waals surface area contributed by atoms with Crippen LogP contribution in [-0.2, 0) is 10.0 Å². The van der Waals surface area contributed by atoms with Gasteiger partial charge in [0, 0.05) is 31.4 Å². The van der Waals surface area contributed by atoms with E-state index in [-0.39, 0.29) is 13.1 Å². The van der Waals surface area contributed by atoms with Crippen molar-refractivity contribution >= 4 is 21.8 Å². The molecule has 0 aliphatic heterocycles. The molecule has 0 unspecified atom stereocenters. The fourth-order valence-electron chi connectivity index (χ4n) is 2.09. The molecular formula is C15H19F2N5O2S. The van der Waals surface area contributed by atoms with E-state index in [1.54, 1.807) is 13.0 Å². The maximum absolute atomic E-state index is 13.6. The normalized spacial score (nSPS) is 11.4. The van der Waals surface area contributed by atoms with Gasteiger partial charge < -0.3 is 10.6 Å². The molecule has 2 rings (SSSR count). The highest BCUT2D eigenvalue weighted by molar-refractivity contribution is 7.89. The van der Waals surface area contributed by atoms with Crippen LogP contribution in [0.15, 0.2) is 29.2 Å². The Morgan fingerprint density at radius 2 is 1.76 bits per heavy atom. The van der Waals surface area contributed by atoms with Gasteiger partial charge in [-0.1, -0.05) is 6.07 Å². The minimum atomic E-state index is -4.29. The smallest absolute Gasteiger partial charge is 0.246 e. The average Bonchev–Trinajstić information content (AvgIpc) is 2.51.